The lowest BCUT2D eigenvalue weighted by Crippen LogP contribution is -2.34. The average Bonchev–Trinajstić information content (AvgIpc) is 3.46. The van der Waals surface area contributed by atoms with Crippen LogP contribution in [0.25, 0.3) is 0 Å². The number of hydrogen-bond donors (Lipinski definition) is 3. The topological polar surface area (TPSA) is 224 Å². The van der Waals surface area contributed by atoms with Crippen molar-refractivity contribution in [2.75, 3.05) is 19.9 Å². The van der Waals surface area contributed by atoms with E-state index in [-0.39, 0.29) is 32.4 Å². The summed E-state index contributed by atoms with van der Waals surface area (Å²) in [7, 11) is -6.29. The summed E-state index contributed by atoms with van der Waals surface area (Å²) in [6, 6.07) is -2.42. The fourth-order valence-electron chi connectivity index (χ4n) is 3.37. The molecule has 0 aliphatic carbocycles. The van der Waals surface area contributed by atoms with Crippen LogP contribution in [0.3, 0.4) is 0 Å². The van der Waals surface area contributed by atoms with Crippen LogP contribution in [0.1, 0.15) is 11.1 Å². The quantitative estimate of drug-likeness (QED) is 0.327. The van der Waals surface area contributed by atoms with Crippen molar-refractivity contribution >= 4 is 15.4 Å². The number of ether oxygens (including phenoxy) is 4. The second-order valence-corrected chi connectivity index (χ2v) is 11.4. The molecule has 0 radical (unpaired) electrons. The van der Waals surface area contributed by atoms with E-state index in [1.165, 1.54) is 35.1 Å². The molecule has 2 aromatic heterocycles. The molecule has 2 aromatic rings. The Bertz CT molecular complexity index is 1420. The fraction of sp³-hybridized carbons (Fsp3) is 0.579. The van der Waals surface area contributed by atoms with E-state index in [1.807, 2.05) is 0 Å². The van der Waals surface area contributed by atoms with Gasteiger partial charge in [-0.25, -0.2) is 9.59 Å². The highest BCUT2D eigenvalue weighted by Gasteiger charge is 2.37. The van der Waals surface area contributed by atoms with E-state index in [9.17, 15) is 33.2 Å². The van der Waals surface area contributed by atoms with Crippen LogP contribution < -0.4 is 27.4 Å². The molecule has 4 rings (SSSR count). The lowest BCUT2D eigenvalue weighted by molar-refractivity contribution is -0.216. The largest absolute Gasteiger partial charge is 0.775 e. The molecule has 0 saturated carbocycles. The summed E-state index contributed by atoms with van der Waals surface area (Å²) in [5, 5.41) is 0. The van der Waals surface area contributed by atoms with Crippen molar-refractivity contribution in [1.29, 1.82) is 0 Å². The van der Waals surface area contributed by atoms with Crippen molar-refractivity contribution in [2.24, 2.45) is 0 Å². The number of hydrogen-bond acceptors (Lipinski definition) is 11. The van der Waals surface area contributed by atoms with Gasteiger partial charge in [-0.15, -0.1) is 0 Å². The summed E-state index contributed by atoms with van der Waals surface area (Å²) < 4.78 is 44.9. The van der Waals surface area contributed by atoms with Crippen LogP contribution >= 0.6 is 15.4 Å². The van der Waals surface area contributed by atoms with Crippen LogP contribution in [0.5, 0.6) is 0 Å². The molecule has 6 atom stereocenters. The SMILES string of the molecule is Cc1cn(CC2COC(P(=O)([O-])O)O2)c(=O)[nH]c1=O.Cc1cn(CC2COC([P+](C)=O)O2)c(=O)[nH]c1=O. The second kappa shape index (κ2) is 11.9. The lowest BCUT2D eigenvalue weighted by atomic mass is 10.3. The number of rotatable bonds is 6. The summed E-state index contributed by atoms with van der Waals surface area (Å²) in [6.45, 7) is 5.14. The van der Waals surface area contributed by atoms with Crippen LogP contribution in [0, 0.1) is 13.8 Å². The Labute approximate surface area is 209 Å². The van der Waals surface area contributed by atoms with E-state index in [4.69, 9.17) is 23.8 Å². The Morgan fingerprint density at radius 3 is 1.84 bits per heavy atom. The third-order valence-corrected chi connectivity index (χ3v) is 6.88. The average molecular weight is 564 g/mol. The summed E-state index contributed by atoms with van der Waals surface area (Å²) in [6.07, 6.45) is 1.77. The first-order valence-corrected chi connectivity index (χ1v) is 14.2. The Hall–Kier alpha value is -2.55. The second-order valence-electron chi connectivity index (χ2n) is 8.35. The standard InChI is InChI=1S/C10H13N2O5P.C9H13N2O7P/c1-6-3-12(9(14)11-8(6)13)4-7-5-16-10(17-7)18(2)15;1-5-2-11(8(13)10-7(5)12)3-6-4-17-9(18-6)19(14,15)16/h3,7,10H,4-5H2,1-2H3;2,6,9H,3-4H2,1H3,(H,10,12,13)(H2,14,15,16). The van der Waals surface area contributed by atoms with Gasteiger partial charge in [0.25, 0.3) is 11.1 Å². The molecule has 0 spiro atoms. The van der Waals surface area contributed by atoms with Crippen LogP contribution in [-0.4, -0.2) is 68.1 Å². The fourth-order valence-corrected chi connectivity index (χ4v) is 4.61. The molecule has 6 unspecified atom stereocenters. The third-order valence-electron chi connectivity index (χ3n) is 5.21. The third kappa shape index (κ3) is 7.72. The Balaban J connectivity index is 0.000000206. The number of aryl methyl sites for hydroxylation is 2. The van der Waals surface area contributed by atoms with E-state index < -0.39 is 56.1 Å². The minimum absolute atomic E-state index is 0.00690. The Kier molecular flexibility index (Phi) is 9.32. The maximum absolute atomic E-state index is 11.5. The number of nitrogens with zero attached hydrogens (tertiary/aromatic N) is 2. The molecule has 37 heavy (non-hydrogen) atoms. The molecular formula is C19H26N4O12P2. The zero-order chi connectivity index (χ0) is 27.5. The molecule has 2 aliphatic rings. The summed E-state index contributed by atoms with van der Waals surface area (Å²) in [4.78, 5) is 69.3. The van der Waals surface area contributed by atoms with E-state index in [1.54, 1.807) is 6.92 Å². The molecule has 16 nitrogen and oxygen atoms in total. The van der Waals surface area contributed by atoms with Crippen molar-refractivity contribution in [3.63, 3.8) is 0 Å². The van der Waals surface area contributed by atoms with Crippen molar-refractivity contribution < 1.29 is 37.9 Å². The summed E-state index contributed by atoms with van der Waals surface area (Å²) >= 11 is 0. The van der Waals surface area contributed by atoms with Gasteiger partial charge in [0.05, 0.1) is 26.3 Å². The van der Waals surface area contributed by atoms with Gasteiger partial charge in [0, 0.05) is 23.5 Å². The van der Waals surface area contributed by atoms with Crippen LogP contribution in [0.4, 0.5) is 0 Å². The maximum Gasteiger partial charge on any atom is 0.398 e. The first kappa shape index (κ1) is 29.0. The molecule has 2 fully saturated rings. The molecule has 2 aliphatic heterocycles. The number of H-pyrrole nitrogens is 2. The highest BCUT2D eigenvalue weighted by molar-refractivity contribution is 7.50. The molecule has 2 saturated heterocycles. The smallest absolute Gasteiger partial charge is 0.398 e. The van der Waals surface area contributed by atoms with E-state index >= 15 is 0 Å². The van der Waals surface area contributed by atoms with Crippen LogP contribution in [0.2, 0.25) is 0 Å². The Morgan fingerprint density at radius 1 is 0.973 bits per heavy atom. The zero-order valence-corrected chi connectivity index (χ0v) is 21.8. The molecule has 4 heterocycles. The first-order chi connectivity index (χ1) is 17.2. The first-order valence-electron chi connectivity index (χ1n) is 10.8. The predicted octanol–water partition coefficient (Wildman–Crippen LogP) is -1.91. The molecule has 18 heteroatoms. The zero-order valence-electron chi connectivity index (χ0n) is 20.0. The van der Waals surface area contributed by atoms with Gasteiger partial charge in [0.2, 0.25) is 6.03 Å². The minimum atomic E-state index is -4.72. The van der Waals surface area contributed by atoms with Crippen molar-refractivity contribution in [1.82, 2.24) is 19.1 Å². The lowest BCUT2D eigenvalue weighted by Gasteiger charge is -2.21. The maximum atomic E-state index is 11.5. The van der Waals surface area contributed by atoms with E-state index in [0.717, 1.165) is 0 Å². The van der Waals surface area contributed by atoms with E-state index in [0.29, 0.717) is 11.1 Å². The normalized spacial score (nSPS) is 25.3. The molecule has 204 valence electrons. The van der Waals surface area contributed by atoms with E-state index in [2.05, 4.69) is 9.97 Å². The highest BCUT2D eigenvalue weighted by Crippen LogP contribution is 2.41. The highest BCUT2D eigenvalue weighted by atomic mass is 31.2. The van der Waals surface area contributed by atoms with Gasteiger partial charge in [-0.1, -0.05) is 4.57 Å². The predicted molar refractivity (Wildman–Crippen MR) is 125 cm³/mol. The molecule has 3 N–H and O–H groups in total. The number of aromatic amines is 2. The molecular weight excluding hydrogens is 538 g/mol. The van der Waals surface area contributed by atoms with Gasteiger partial charge in [0.15, 0.2) is 7.60 Å². The molecule has 0 aromatic carbocycles. The number of nitrogens with one attached hydrogen (secondary N) is 2. The summed E-state index contributed by atoms with van der Waals surface area (Å²) in [5.41, 5.74) is -1.20. The van der Waals surface area contributed by atoms with Gasteiger partial charge in [-0.05, 0) is 13.8 Å². The van der Waals surface area contributed by atoms with Gasteiger partial charge < -0.3 is 33.3 Å². The molecule has 0 amide bonds. The summed E-state index contributed by atoms with van der Waals surface area (Å²) in [5.74, 6) is 0. The van der Waals surface area contributed by atoms with Gasteiger partial charge in [-0.3, -0.25) is 28.7 Å². The van der Waals surface area contributed by atoms with Crippen molar-refractivity contribution in [3.8, 4) is 0 Å². The van der Waals surface area contributed by atoms with Gasteiger partial charge >= 0.3 is 25.2 Å². The van der Waals surface area contributed by atoms with Crippen molar-refractivity contribution in [3.05, 3.63) is 65.2 Å². The van der Waals surface area contributed by atoms with Gasteiger partial charge in [-0.2, -0.15) is 0 Å². The number of aromatic nitrogens is 4. The van der Waals surface area contributed by atoms with Crippen LogP contribution in [0.15, 0.2) is 31.6 Å². The monoisotopic (exact) mass is 564 g/mol. The van der Waals surface area contributed by atoms with Gasteiger partial charge in [0.1, 0.15) is 18.9 Å². The minimum Gasteiger partial charge on any atom is -0.775 e. The van der Waals surface area contributed by atoms with Crippen molar-refractivity contribution in [2.45, 2.75) is 51.2 Å². The Morgan fingerprint density at radius 2 is 1.43 bits per heavy atom. The molecule has 0 bridgehead atoms. The van der Waals surface area contributed by atoms with Crippen LogP contribution in [-0.2, 0) is 41.2 Å².